The summed E-state index contributed by atoms with van der Waals surface area (Å²) in [6.45, 7) is 4.08. The van der Waals surface area contributed by atoms with Gasteiger partial charge in [-0.15, -0.1) is 0 Å². The number of rotatable bonds is 1. The van der Waals surface area contributed by atoms with Crippen LogP contribution in [0.2, 0.25) is 0 Å². The van der Waals surface area contributed by atoms with Crippen LogP contribution in [-0.2, 0) is 20.5 Å². The molecule has 1 heterocycles. The molecule has 2 atom stereocenters. The highest BCUT2D eigenvalue weighted by molar-refractivity contribution is 6.39. The van der Waals surface area contributed by atoms with Crippen molar-refractivity contribution < 1.29 is 27.5 Å². The van der Waals surface area contributed by atoms with Gasteiger partial charge in [-0.1, -0.05) is 6.07 Å². The Kier molecular flexibility index (Phi) is 4.93. The highest BCUT2D eigenvalue weighted by Gasteiger charge is 2.32. The summed E-state index contributed by atoms with van der Waals surface area (Å²) >= 11 is 0. The minimum Gasteiger partial charge on any atom is -0.372 e. The number of benzene rings is 1. The first-order chi connectivity index (χ1) is 10.7. The second-order valence-electron chi connectivity index (χ2n) is 5.50. The van der Waals surface area contributed by atoms with Gasteiger partial charge in [0.05, 0.1) is 17.8 Å². The van der Waals surface area contributed by atoms with E-state index in [9.17, 15) is 22.8 Å². The summed E-state index contributed by atoms with van der Waals surface area (Å²) < 4.78 is 43.4. The van der Waals surface area contributed by atoms with Crippen LogP contribution in [0, 0.1) is 0 Å². The van der Waals surface area contributed by atoms with E-state index in [2.05, 4.69) is 5.32 Å². The average molecular weight is 330 g/mol. The maximum atomic E-state index is 12.6. The number of nitrogens with one attached hydrogen (secondary N) is 1. The fourth-order valence-electron chi connectivity index (χ4n) is 2.45. The summed E-state index contributed by atoms with van der Waals surface area (Å²) in [6, 6.07) is 4.14. The van der Waals surface area contributed by atoms with Crippen LogP contribution in [-0.4, -0.2) is 42.0 Å². The van der Waals surface area contributed by atoms with Crippen LogP contribution in [0.15, 0.2) is 24.3 Å². The van der Waals surface area contributed by atoms with Gasteiger partial charge in [-0.2, -0.15) is 13.2 Å². The molecule has 1 aliphatic heterocycles. The van der Waals surface area contributed by atoms with Crippen LogP contribution in [0.3, 0.4) is 0 Å². The Morgan fingerprint density at radius 2 is 1.83 bits per heavy atom. The van der Waals surface area contributed by atoms with Crippen molar-refractivity contribution in [1.82, 2.24) is 4.90 Å². The fourth-order valence-corrected chi connectivity index (χ4v) is 2.45. The van der Waals surface area contributed by atoms with Crippen molar-refractivity contribution >= 4 is 17.5 Å². The molecule has 1 aromatic carbocycles. The number of morpholine rings is 1. The van der Waals surface area contributed by atoms with E-state index in [1.807, 2.05) is 0 Å². The van der Waals surface area contributed by atoms with Gasteiger partial charge in [0, 0.05) is 18.8 Å². The van der Waals surface area contributed by atoms with Crippen molar-refractivity contribution in [3.05, 3.63) is 29.8 Å². The summed E-state index contributed by atoms with van der Waals surface area (Å²) in [7, 11) is 0. The lowest BCUT2D eigenvalue weighted by molar-refractivity contribution is -0.151. The predicted molar refractivity (Wildman–Crippen MR) is 76.7 cm³/mol. The van der Waals surface area contributed by atoms with Crippen molar-refractivity contribution in [2.75, 3.05) is 18.4 Å². The summed E-state index contributed by atoms with van der Waals surface area (Å²) in [5.74, 6) is -1.75. The monoisotopic (exact) mass is 330 g/mol. The van der Waals surface area contributed by atoms with Gasteiger partial charge >= 0.3 is 18.0 Å². The number of amides is 2. The van der Waals surface area contributed by atoms with E-state index in [1.54, 1.807) is 13.8 Å². The number of halogens is 3. The smallest absolute Gasteiger partial charge is 0.372 e. The maximum Gasteiger partial charge on any atom is 0.416 e. The first kappa shape index (κ1) is 17.3. The van der Waals surface area contributed by atoms with Gasteiger partial charge in [-0.25, -0.2) is 0 Å². The van der Waals surface area contributed by atoms with Crippen LogP contribution in [0.5, 0.6) is 0 Å². The molecule has 2 rings (SSSR count). The SMILES string of the molecule is CC1CN(C(=O)C(=O)Nc2cccc(C(F)(F)F)c2)CC(C)O1. The van der Waals surface area contributed by atoms with Crippen LogP contribution in [0.4, 0.5) is 18.9 Å². The highest BCUT2D eigenvalue weighted by Crippen LogP contribution is 2.30. The minimum absolute atomic E-state index is 0.0764. The number of hydrogen-bond acceptors (Lipinski definition) is 3. The molecule has 1 aromatic rings. The zero-order chi connectivity index (χ0) is 17.2. The molecule has 8 heteroatoms. The Labute approximate surface area is 131 Å². The largest absolute Gasteiger partial charge is 0.416 e. The van der Waals surface area contributed by atoms with Crippen molar-refractivity contribution in [3.8, 4) is 0 Å². The normalized spacial score (nSPS) is 21.9. The molecule has 0 aromatic heterocycles. The fraction of sp³-hybridized carbons (Fsp3) is 0.467. The van der Waals surface area contributed by atoms with E-state index in [4.69, 9.17) is 4.74 Å². The molecule has 2 unspecified atom stereocenters. The molecule has 2 amide bonds. The van der Waals surface area contributed by atoms with E-state index in [1.165, 1.54) is 17.0 Å². The van der Waals surface area contributed by atoms with E-state index < -0.39 is 23.6 Å². The van der Waals surface area contributed by atoms with Gasteiger partial charge in [0.1, 0.15) is 0 Å². The number of hydrogen-bond donors (Lipinski definition) is 1. The number of alkyl halides is 3. The first-order valence-corrected chi connectivity index (χ1v) is 7.10. The van der Waals surface area contributed by atoms with Gasteiger partial charge in [-0.05, 0) is 32.0 Å². The van der Waals surface area contributed by atoms with Crippen molar-refractivity contribution in [2.24, 2.45) is 0 Å². The van der Waals surface area contributed by atoms with Crippen molar-refractivity contribution in [2.45, 2.75) is 32.2 Å². The highest BCUT2D eigenvalue weighted by atomic mass is 19.4. The second kappa shape index (κ2) is 6.57. The summed E-state index contributed by atoms with van der Waals surface area (Å²) in [5, 5.41) is 2.21. The van der Waals surface area contributed by atoms with Gasteiger partial charge in [-0.3, -0.25) is 9.59 Å². The quantitative estimate of drug-likeness (QED) is 0.804. The van der Waals surface area contributed by atoms with Gasteiger partial charge in [0.25, 0.3) is 0 Å². The second-order valence-corrected chi connectivity index (χ2v) is 5.50. The van der Waals surface area contributed by atoms with Gasteiger partial charge in [0.2, 0.25) is 0 Å². The molecule has 1 N–H and O–H groups in total. The molecule has 1 fully saturated rings. The standard InChI is InChI=1S/C15H17F3N2O3/c1-9-7-20(8-10(2)23-9)14(22)13(21)19-12-5-3-4-11(6-12)15(16,17)18/h3-6,9-10H,7-8H2,1-2H3,(H,19,21). The lowest BCUT2D eigenvalue weighted by Crippen LogP contribution is -2.51. The van der Waals surface area contributed by atoms with Crippen LogP contribution in [0.25, 0.3) is 0 Å². The summed E-state index contributed by atoms with van der Waals surface area (Å²) in [6.07, 6.45) is -4.92. The lowest BCUT2D eigenvalue weighted by atomic mass is 10.2. The Hall–Kier alpha value is -2.09. The molecular formula is C15H17F3N2O3. The third kappa shape index (κ3) is 4.44. The summed E-state index contributed by atoms with van der Waals surface area (Å²) in [5.41, 5.74) is -0.969. The molecule has 126 valence electrons. The molecule has 0 spiro atoms. The van der Waals surface area contributed by atoms with Crippen LogP contribution < -0.4 is 5.32 Å². The number of ether oxygens (including phenoxy) is 1. The van der Waals surface area contributed by atoms with E-state index in [-0.39, 0.29) is 31.0 Å². The molecular weight excluding hydrogens is 313 g/mol. The third-order valence-electron chi connectivity index (χ3n) is 3.35. The number of anilines is 1. The van der Waals surface area contributed by atoms with Crippen LogP contribution >= 0.6 is 0 Å². The van der Waals surface area contributed by atoms with Crippen molar-refractivity contribution in [3.63, 3.8) is 0 Å². The zero-order valence-electron chi connectivity index (χ0n) is 12.7. The topological polar surface area (TPSA) is 58.6 Å². The molecule has 0 aliphatic carbocycles. The van der Waals surface area contributed by atoms with Gasteiger partial charge < -0.3 is 15.0 Å². The number of nitrogens with zero attached hydrogens (tertiary/aromatic N) is 1. The van der Waals surface area contributed by atoms with Gasteiger partial charge in [0.15, 0.2) is 0 Å². The molecule has 0 bridgehead atoms. The Morgan fingerprint density at radius 3 is 2.39 bits per heavy atom. The molecule has 1 aliphatic rings. The predicted octanol–water partition coefficient (Wildman–Crippen LogP) is 2.28. The first-order valence-electron chi connectivity index (χ1n) is 7.10. The van der Waals surface area contributed by atoms with E-state index >= 15 is 0 Å². The van der Waals surface area contributed by atoms with Crippen LogP contribution in [0.1, 0.15) is 19.4 Å². The minimum atomic E-state index is -4.51. The number of carbonyl (C=O) groups excluding carboxylic acids is 2. The van der Waals surface area contributed by atoms with Crippen molar-refractivity contribution in [1.29, 1.82) is 0 Å². The molecule has 0 saturated carbocycles. The lowest BCUT2D eigenvalue weighted by Gasteiger charge is -2.34. The number of carbonyl (C=O) groups is 2. The molecule has 23 heavy (non-hydrogen) atoms. The molecule has 5 nitrogen and oxygen atoms in total. The third-order valence-corrected chi connectivity index (χ3v) is 3.35. The van der Waals surface area contributed by atoms with E-state index in [0.29, 0.717) is 0 Å². The average Bonchev–Trinajstić information content (AvgIpc) is 2.44. The molecule has 0 radical (unpaired) electrons. The maximum absolute atomic E-state index is 12.6. The van der Waals surface area contributed by atoms with E-state index in [0.717, 1.165) is 12.1 Å². The molecule has 1 saturated heterocycles. The Balaban J connectivity index is 2.05. The Morgan fingerprint density at radius 1 is 1.22 bits per heavy atom. The Bertz CT molecular complexity index is 594. The zero-order valence-corrected chi connectivity index (χ0v) is 12.7. The summed E-state index contributed by atoms with van der Waals surface area (Å²) in [4.78, 5) is 25.4.